The fourth-order valence-electron chi connectivity index (χ4n) is 3.69. The van der Waals surface area contributed by atoms with E-state index < -0.39 is 10.2 Å². The van der Waals surface area contributed by atoms with Crippen molar-refractivity contribution in [3.8, 4) is 0 Å². The molecule has 1 aromatic carbocycles. The molecule has 0 unspecified atom stereocenters. The summed E-state index contributed by atoms with van der Waals surface area (Å²) in [6, 6.07) is 6.60. The number of hydrogen-bond acceptors (Lipinski definition) is 1. The molecule has 0 bridgehead atoms. The number of halogens is 1. The lowest BCUT2D eigenvalue weighted by Crippen LogP contribution is -2.34. The van der Waals surface area contributed by atoms with Crippen LogP contribution < -0.4 is 0 Å². The Morgan fingerprint density at radius 1 is 1.05 bits per heavy atom. The highest BCUT2D eigenvalue weighted by Gasteiger charge is 2.38. The van der Waals surface area contributed by atoms with Crippen molar-refractivity contribution in [1.82, 2.24) is 9.19 Å². The van der Waals surface area contributed by atoms with Crippen LogP contribution in [0, 0.1) is 0 Å². The van der Waals surface area contributed by atoms with E-state index in [0.717, 1.165) is 0 Å². The largest absolute Gasteiger partial charge is 0.225 e. The molecule has 4 heteroatoms. The molecule has 2 aromatic rings. The van der Waals surface area contributed by atoms with Crippen LogP contribution in [0.3, 0.4) is 0 Å². The third-order valence-corrected chi connectivity index (χ3v) is 10.1. The Bertz CT molecular complexity index is 649. The minimum Gasteiger partial charge on any atom is -0.225 e. The Morgan fingerprint density at radius 3 is 2.14 bits per heavy atom. The summed E-state index contributed by atoms with van der Waals surface area (Å²) in [7, 11) is -1.06. The predicted octanol–water partition coefficient (Wildman–Crippen LogP) is 6.19. The second kappa shape index (κ2) is 6.79. The molecule has 0 aliphatic carbocycles. The first kappa shape index (κ1) is 17.6. The second-order valence-electron chi connectivity index (χ2n) is 6.50. The summed E-state index contributed by atoms with van der Waals surface area (Å²) in [6.45, 7) is 14.1. The number of hydrogen-bond donors (Lipinski definition) is 0. The molecule has 0 aliphatic heterocycles. The van der Waals surface area contributed by atoms with E-state index in [9.17, 15) is 0 Å². The molecular weight excluding hydrogens is 356 g/mol. The first-order chi connectivity index (χ1) is 10.4. The molecule has 0 amide bonds. The fourth-order valence-corrected chi connectivity index (χ4v) is 9.17. The number of aromatic nitrogens is 2. The number of rotatable bonds is 5. The van der Waals surface area contributed by atoms with Crippen LogP contribution in [0.5, 0.6) is 0 Å². The highest BCUT2D eigenvalue weighted by atomic mass is 79.9. The SMILES string of the molecule is CC(C)S(C(C)C)(C(C)C)n1ncc2cc(/C=C/Br)ccc21. The van der Waals surface area contributed by atoms with Crippen LogP contribution in [0.15, 0.2) is 29.4 Å². The summed E-state index contributed by atoms with van der Waals surface area (Å²) < 4.78 is 2.37. The highest BCUT2D eigenvalue weighted by Crippen LogP contribution is 2.61. The van der Waals surface area contributed by atoms with E-state index in [1.54, 1.807) is 0 Å². The molecular formula is C18H27BrN2S. The Kier molecular flexibility index (Phi) is 5.44. The fraction of sp³-hybridized carbons (Fsp3) is 0.500. The molecule has 1 heterocycles. The van der Waals surface area contributed by atoms with Crippen LogP contribution in [0.2, 0.25) is 0 Å². The van der Waals surface area contributed by atoms with Gasteiger partial charge in [0, 0.05) is 21.1 Å². The Labute approximate surface area is 144 Å². The van der Waals surface area contributed by atoms with Crippen LogP contribution in [0.1, 0.15) is 47.1 Å². The predicted molar refractivity (Wildman–Crippen MR) is 106 cm³/mol. The zero-order valence-corrected chi connectivity index (χ0v) is 16.8. The van der Waals surface area contributed by atoms with Crippen molar-refractivity contribution in [1.29, 1.82) is 0 Å². The average Bonchev–Trinajstić information content (AvgIpc) is 2.82. The summed E-state index contributed by atoms with van der Waals surface area (Å²) >= 11 is 3.35. The standard InChI is InChI=1S/C18H27BrN2S/c1-13(2)22(14(3)4,15(5)6)21-18-8-7-16(9-10-19)11-17(18)12-20-21/h7-15H,1-6H3/b10-9+. The van der Waals surface area contributed by atoms with Gasteiger partial charge in [-0.05, 0) is 28.8 Å². The summed E-state index contributed by atoms with van der Waals surface area (Å²) in [6.07, 6.45) is 4.08. The molecule has 0 saturated heterocycles. The first-order valence-corrected chi connectivity index (χ1v) is 10.6. The van der Waals surface area contributed by atoms with Gasteiger partial charge in [-0.2, -0.15) is 5.10 Å². The summed E-state index contributed by atoms with van der Waals surface area (Å²) in [5, 5.41) is 7.86. The maximum atomic E-state index is 4.85. The van der Waals surface area contributed by atoms with Gasteiger partial charge in [0.25, 0.3) is 0 Å². The molecule has 0 saturated carbocycles. The van der Waals surface area contributed by atoms with Gasteiger partial charge in [0.15, 0.2) is 0 Å². The average molecular weight is 383 g/mol. The highest BCUT2D eigenvalue weighted by molar-refractivity contribution is 9.11. The molecule has 0 aliphatic rings. The van der Waals surface area contributed by atoms with Gasteiger partial charge < -0.3 is 0 Å². The van der Waals surface area contributed by atoms with Gasteiger partial charge in [-0.1, -0.05) is 63.5 Å². The minimum absolute atomic E-state index is 0.595. The zero-order valence-electron chi connectivity index (χ0n) is 14.4. The smallest absolute Gasteiger partial charge is 0.0793 e. The van der Waals surface area contributed by atoms with Crippen molar-refractivity contribution in [2.45, 2.75) is 57.3 Å². The molecule has 2 rings (SSSR count). The van der Waals surface area contributed by atoms with Crippen molar-refractivity contribution in [2.75, 3.05) is 0 Å². The van der Waals surface area contributed by atoms with Crippen molar-refractivity contribution >= 4 is 43.1 Å². The van der Waals surface area contributed by atoms with E-state index in [-0.39, 0.29) is 0 Å². The third kappa shape index (κ3) is 2.76. The monoisotopic (exact) mass is 382 g/mol. The van der Waals surface area contributed by atoms with E-state index in [0.29, 0.717) is 15.7 Å². The van der Waals surface area contributed by atoms with Gasteiger partial charge in [-0.3, -0.25) is 0 Å². The molecule has 0 fully saturated rings. The van der Waals surface area contributed by atoms with E-state index in [1.165, 1.54) is 16.5 Å². The van der Waals surface area contributed by atoms with Crippen LogP contribution >= 0.6 is 26.1 Å². The molecule has 122 valence electrons. The minimum atomic E-state index is -1.06. The van der Waals surface area contributed by atoms with Crippen molar-refractivity contribution in [2.24, 2.45) is 0 Å². The van der Waals surface area contributed by atoms with E-state index in [1.807, 2.05) is 11.2 Å². The van der Waals surface area contributed by atoms with E-state index in [4.69, 9.17) is 5.10 Å². The summed E-state index contributed by atoms with van der Waals surface area (Å²) in [4.78, 5) is 1.89. The van der Waals surface area contributed by atoms with Gasteiger partial charge in [-0.15, -0.1) is 10.2 Å². The molecule has 0 N–H and O–H groups in total. The quantitative estimate of drug-likeness (QED) is 0.601. The van der Waals surface area contributed by atoms with Crippen molar-refractivity contribution < 1.29 is 0 Å². The molecule has 0 radical (unpaired) electrons. The van der Waals surface area contributed by atoms with Gasteiger partial charge in [0.2, 0.25) is 0 Å². The summed E-state index contributed by atoms with van der Waals surface area (Å²) in [5.41, 5.74) is 2.46. The van der Waals surface area contributed by atoms with Crippen molar-refractivity contribution in [3.05, 3.63) is 34.9 Å². The molecule has 1 aromatic heterocycles. The van der Waals surface area contributed by atoms with Gasteiger partial charge in [-0.25, -0.2) is 4.09 Å². The van der Waals surface area contributed by atoms with Crippen molar-refractivity contribution in [3.63, 3.8) is 0 Å². The lowest BCUT2D eigenvalue weighted by molar-refractivity contribution is 0.870. The normalized spacial score (nSPS) is 14.1. The van der Waals surface area contributed by atoms with Gasteiger partial charge in [0.1, 0.15) is 0 Å². The third-order valence-electron chi connectivity index (χ3n) is 4.38. The summed E-state index contributed by atoms with van der Waals surface area (Å²) in [5.74, 6) is 0. The number of benzene rings is 1. The van der Waals surface area contributed by atoms with Gasteiger partial charge in [0.05, 0.1) is 11.7 Å². The van der Waals surface area contributed by atoms with Crippen LogP contribution in [-0.4, -0.2) is 24.9 Å². The maximum absolute atomic E-state index is 4.85. The van der Waals surface area contributed by atoms with Crippen LogP contribution in [-0.2, 0) is 0 Å². The maximum Gasteiger partial charge on any atom is 0.0793 e. The van der Waals surface area contributed by atoms with Crippen LogP contribution in [0.4, 0.5) is 0 Å². The lowest BCUT2D eigenvalue weighted by atomic mass is 10.2. The molecule has 2 nitrogen and oxygen atoms in total. The Balaban J connectivity index is 2.70. The first-order valence-electron chi connectivity index (χ1n) is 7.90. The Morgan fingerprint density at radius 2 is 1.64 bits per heavy atom. The Hall–Kier alpha value is -0.740. The molecule has 0 atom stereocenters. The molecule has 22 heavy (non-hydrogen) atoms. The number of fused-ring (bicyclic) bond motifs is 1. The second-order valence-corrected chi connectivity index (χ2v) is 11.7. The van der Waals surface area contributed by atoms with Crippen LogP contribution in [0.25, 0.3) is 17.0 Å². The van der Waals surface area contributed by atoms with E-state index in [2.05, 4.69) is 85.8 Å². The zero-order chi connectivity index (χ0) is 16.5. The topological polar surface area (TPSA) is 17.8 Å². The molecule has 0 spiro atoms. The lowest BCUT2D eigenvalue weighted by Gasteiger charge is -2.51. The van der Waals surface area contributed by atoms with E-state index >= 15 is 0 Å². The number of nitrogens with zero attached hydrogens (tertiary/aromatic N) is 2. The van der Waals surface area contributed by atoms with Gasteiger partial charge >= 0.3 is 0 Å².